The summed E-state index contributed by atoms with van der Waals surface area (Å²) in [5, 5.41) is 11.6. The van der Waals surface area contributed by atoms with Crippen LogP contribution in [0.3, 0.4) is 0 Å². The van der Waals surface area contributed by atoms with Gasteiger partial charge in [0.2, 0.25) is 0 Å². The lowest BCUT2D eigenvalue weighted by molar-refractivity contribution is -0.193. The maximum Gasteiger partial charge on any atom is 0.313 e. The van der Waals surface area contributed by atoms with Gasteiger partial charge in [-0.15, -0.1) is 0 Å². The van der Waals surface area contributed by atoms with E-state index in [4.69, 9.17) is 15.3 Å². The third kappa shape index (κ3) is 6.28. The lowest BCUT2D eigenvalue weighted by Gasteiger charge is -2.36. The minimum atomic E-state index is -0.982. The number of hydrogen-bond donors (Lipinski definition) is 2. The van der Waals surface area contributed by atoms with Gasteiger partial charge in [-0.25, -0.2) is 0 Å². The Balaban J connectivity index is 1.85. The maximum absolute atomic E-state index is 13.3. The summed E-state index contributed by atoms with van der Waals surface area (Å²) in [5.41, 5.74) is 6.98. The molecule has 3 unspecified atom stereocenters. The highest BCUT2D eigenvalue weighted by molar-refractivity contribution is 5.78. The highest BCUT2D eigenvalue weighted by Gasteiger charge is 2.50. The summed E-state index contributed by atoms with van der Waals surface area (Å²) in [6, 6.07) is 9.22. The third-order valence-corrected chi connectivity index (χ3v) is 6.23. The van der Waals surface area contributed by atoms with Crippen molar-refractivity contribution in [2.75, 3.05) is 6.54 Å². The molecular formula is C24H36N2O5. The molecule has 0 amide bonds. The molecule has 0 aromatic heterocycles. The van der Waals surface area contributed by atoms with Crippen molar-refractivity contribution in [3.05, 3.63) is 35.9 Å². The van der Waals surface area contributed by atoms with Gasteiger partial charge in [-0.1, -0.05) is 49.6 Å². The number of carbonyl (C=O) groups excluding carboxylic acids is 1. The fourth-order valence-electron chi connectivity index (χ4n) is 4.73. The number of esters is 1. The molecule has 7 nitrogen and oxygen atoms in total. The van der Waals surface area contributed by atoms with E-state index >= 15 is 0 Å². The van der Waals surface area contributed by atoms with Crippen molar-refractivity contribution in [1.29, 1.82) is 0 Å². The lowest BCUT2D eigenvalue weighted by Crippen LogP contribution is -2.52. The van der Waals surface area contributed by atoms with Gasteiger partial charge in [0.25, 0.3) is 0 Å². The number of aliphatic carboxylic acids is 1. The number of benzene rings is 1. The fraction of sp³-hybridized carbons (Fsp3) is 0.667. The van der Waals surface area contributed by atoms with Gasteiger partial charge < -0.3 is 15.6 Å². The molecule has 1 aliphatic heterocycles. The van der Waals surface area contributed by atoms with Crippen LogP contribution in [-0.2, 0) is 25.7 Å². The van der Waals surface area contributed by atoms with Gasteiger partial charge in [0, 0.05) is 19.1 Å². The molecule has 1 saturated carbocycles. The average Bonchev–Trinajstić information content (AvgIpc) is 3.11. The van der Waals surface area contributed by atoms with Crippen molar-refractivity contribution in [2.45, 2.75) is 77.2 Å². The molecule has 7 heteroatoms. The van der Waals surface area contributed by atoms with E-state index in [1.54, 1.807) is 25.8 Å². The second-order valence-corrected chi connectivity index (χ2v) is 9.86. The number of nitrogens with two attached hydrogens (primary N) is 1. The third-order valence-electron chi connectivity index (χ3n) is 6.23. The number of carboxylic acids is 1. The molecule has 172 valence electrons. The molecule has 31 heavy (non-hydrogen) atoms. The van der Waals surface area contributed by atoms with E-state index in [0.717, 1.165) is 31.2 Å². The predicted molar refractivity (Wildman–Crippen MR) is 117 cm³/mol. The number of hydrogen-bond acceptors (Lipinski definition) is 6. The van der Waals surface area contributed by atoms with Gasteiger partial charge in [0.1, 0.15) is 23.5 Å². The zero-order chi connectivity index (χ0) is 22.6. The summed E-state index contributed by atoms with van der Waals surface area (Å²) in [6.45, 7) is 6.06. The second kappa shape index (κ2) is 10.1. The van der Waals surface area contributed by atoms with E-state index in [0.29, 0.717) is 6.54 Å². The topological polar surface area (TPSA) is 102 Å². The Labute approximate surface area is 184 Å². The standard InChI is InChI=1S/C24H36N2O5/c1-24(2,3)30-23(29)19(20(25)17-12-8-5-9-13-17)21-18(22(27)28)15-26(31-21)14-16-10-6-4-7-11-16/h4,6-7,10-11,17-21H,5,8-9,12-15,25H2,1-3H3,(H,27,28)/t18?,19-,20?,21?/m0/s1. The SMILES string of the molecule is CC(C)(C)OC(=O)[C@@H](C(N)C1CCCCC1)C1ON(Cc2ccccc2)CC1C(=O)O. The first-order valence-electron chi connectivity index (χ1n) is 11.3. The fourth-order valence-corrected chi connectivity index (χ4v) is 4.73. The molecule has 1 heterocycles. The Morgan fingerprint density at radius 2 is 1.84 bits per heavy atom. The molecule has 0 bridgehead atoms. The van der Waals surface area contributed by atoms with E-state index in [1.165, 1.54) is 6.42 Å². The van der Waals surface area contributed by atoms with Crippen LogP contribution in [0.15, 0.2) is 30.3 Å². The molecule has 0 radical (unpaired) electrons. The van der Waals surface area contributed by atoms with Crippen LogP contribution in [0.25, 0.3) is 0 Å². The van der Waals surface area contributed by atoms with E-state index in [1.807, 2.05) is 30.3 Å². The van der Waals surface area contributed by atoms with Crippen LogP contribution in [0.2, 0.25) is 0 Å². The summed E-state index contributed by atoms with van der Waals surface area (Å²) in [6.07, 6.45) is 4.36. The first-order chi connectivity index (χ1) is 14.7. The molecule has 1 aliphatic carbocycles. The van der Waals surface area contributed by atoms with Gasteiger partial charge >= 0.3 is 11.9 Å². The van der Waals surface area contributed by atoms with E-state index in [9.17, 15) is 14.7 Å². The number of carboxylic acid groups (broad SMARTS) is 1. The maximum atomic E-state index is 13.3. The molecule has 3 N–H and O–H groups in total. The van der Waals surface area contributed by atoms with Crippen molar-refractivity contribution >= 4 is 11.9 Å². The van der Waals surface area contributed by atoms with Crippen molar-refractivity contribution in [2.24, 2.45) is 23.5 Å². The summed E-state index contributed by atoms with van der Waals surface area (Å²) in [7, 11) is 0. The van der Waals surface area contributed by atoms with Gasteiger partial charge in [0.05, 0.1) is 0 Å². The van der Waals surface area contributed by atoms with Crippen molar-refractivity contribution in [3.63, 3.8) is 0 Å². The Hall–Kier alpha value is -1.96. The summed E-state index contributed by atoms with van der Waals surface area (Å²) in [5.74, 6) is -2.97. The van der Waals surface area contributed by atoms with Crippen LogP contribution in [0, 0.1) is 17.8 Å². The van der Waals surface area contributed by atoms with Crippen LogP contribution in [0.5, 0.6) is 0 Å². The van der Waals surface area contributed by atoms with Gasteiger partial charge in [-0.3, -0.25) is 14.4 Å². The summed E-state index contributed by atoms with van der Waals surface area (Å²) in [4.78, 5) is 31.5. The molecule has 1 saturated heterocycles. The number of rotatable bonds is 7. The molecule has 3 rings (SSSR count). The monoisotopic (exact) mass is 432 g/mol. The van der Waals surface area contributed by atoms with E-state index in [2.05, 4.69) is 0 Å². The first-order valence-corrected chi connectivity index (χ1v) is 11.3. The summed E-state index contributed by atoms with van der Waals surface area (Å²) < 4.78 is 5.70. The molecule has 1 aromatic carbocycles. The number of carbonyl (C=O) groups is 2. The normalized spacial score (nSPS) is 25.2. The van der Waals surface area contributed by atoms with Crippen LogP contribution in [-0.4, -0.2) is 46.4 Å². The molecule has 0 spiro atoms. The van der Waals surface area contributed by atoms with Crippen LogP contribution in [0.1, 0.15) is 58.4 Å². The Morgan fingerprint density at radius 1 is 1.19 bits per heavy atom. The van der Waals surface area contributed by atoms with Crippen molar-refractivity contribution in [3.8, 4) is 0 Å². The van der Waals surface area contributed by atoms with Crippen molar-refractivity contribution in [1.82, 2.24) is 5.06 Å². The lowest BCUT2D eigenvalue weighted by atomic mass is 9.75. The van der Waals surface area contributed by atoms with Gasteiger partial charge in [-0.2, -0.15) is 5.06 Å². The molecule has 1 aromatic rings. The zero-order valence-electron chi connectivity index (χ0n) is 18.8. The van der Waals surface area contributed by atoms with E-state index in [-0.39, 0.29) is 12.5 Å². The van der Waals surface area contributed by atoms with E-state index < -0.39 is 41.5 Å². The van der Waals surface area contributed by atoms with Crippen molar-refractivity contribution < 1.29 is 24.3 Å². The smallest absolute Gasteiger partial charge is 0.313 e. The van der Waals surface area contributed by atoms with Gasteiger partial charge in [0.15, 0.2) is 0 Å². The summed E-state index contributed by atoms with van der Waals surface area (Å²) >= 11 is 0. The second-order valence-electron chi connectivity index (χ2n) is 9.86. The van der Waals surface area contributed by atoms with Crippen LogP contribution < -0.4 is 5.73 Å². The quantitative estimate of drug-likeness (QED) is 0.637. The minimum absolute atomic E-state index is 0.160. The molecule has 2 fully saturated rings. The number of nitrogens with zero attached hydrogens (tertiary/aromatic N) is 1. The van der Waals surface area contributed by atoms with Crippen LogP contribution >= 0.6 is 0 Å². The highest BCUT2D eigenvalue weighted by atomic mass is 16.7. The zero-order valence-corrected chi connectivity index (χ0v) is 18.8. The Kier molecular flexibility index (Phi) is 7.73. The molecule has 2 aliphatic rings. The first kappa shape index (κ1) is 23.7. The Morgan fingerprint density at radius 3 is 2.42 bits per heavy atom. The number of hydroxylamine groups is 2. The minimum Gasteiger partial charge on any atom is -0.481 e. The van der Waals surface area contributed by atoms with Gasteiger partial charge in [-0.05, 0) is 45.1 Å². The van der Waals surface area contributed by atoms with Crippen LogP contribution in [0.4, 0.5) is 0 Å². The largest absolute Gasteiger partial charge is 0.481 e. The number of ether oxygens (including phenoxy) is 1. The Bertz CT molecular complexity index is 742. The predicted octanol–water partition coefficient (Wildman–Crippen LogP) is 3.37. The molecular weight excluding hydrogens is 396 g/mol. The highest BCUT2D eigenvalue weighted by Crippen LogP contribution is 2.36. The average molecular weight is 433 g/mol. The molecule has 4 atom stereocenters.